The number of hydrogen-bond donors (Lipinski definition) is 0. The molecule has 0 saturated carbocycles. The molecule has 3 atom stereocenters. The summed E-state index contributed by atoms with van der Waals surface area (Å²) in [5.74, 6) is -2.66. The normalized spacial score (nSPS) is 23.2. The summed E-state index contributed by atoms with van der Waals surface area (Å²) in [7, 11) is 0. The van der Waals surface area contributed by atoms with E-state index in [1.807, 2.05) is 0 Å². The molecule has 0 aromatic carbocycles. The van der Waals surface area contributed by atoms with Crippen LogP contribution in [0.4, 0.5) is 26.3 Å². The van der Waals surface area contributed by atoms with Crippen LogP contribution in [-0.2, 0) is 6.18 Å². The Bertz CT molecular complexity index is 779. The van der Waals surface area contributed by atoms with Crippen molar-refractivity contribution in [3.05, 3.63) is 47.3 Å². The van der Waals surface area contributed by atoms with Crippen molar-refractivity contribution >= 4 is 0 Å². The highest BCUT2D eigenvalue weighted by atomic mass is 19.4. The second-order valence-corrected chi connectivity index (χ2v) is 5.37. The minimum Gasteiger partial charge on any atom is -0.454 e. The van der Waals surface area contributed by atoms with Gasteiger partial charge in [0.25, 0.3) is 0 Å². The van der Waals surface area contributed by atoms with Gasteiger partial charge in [0, 0.05) is 17.5 Å². The number of fused-ring (bicyclic) bond motifs is 1. The standard InChI is InChI=1S/C15H10F6N2O/c1-6-10-11(13(18)12(6)17)9(5-23-14(10)15(19,20)21)24-8-2-7(16)3-22-4-8/h2-6,12-13H,1H3/t6-,12-,13+/m0/s1. The highest BCUT2D eigenvalue weighted by Crippen LogP contribution is 2.52. The van der Waals surface area contributed by atoms with Crippen LogP contribution in [0.2, 0.25) is 0 Å². The number of alkyl halides is 5. The molecular weight excluding hydrogens is 338 g/mol. The van der Waals surface area contributed by atoms with Gasteiger partial charge in [0.05, 0.1) is 18.6 Å². The van der Waals surface area contributed by atoms with Gasteiger partial charge >= 0.3 is 6.18 Å². The Hall–Kier alpha value is -2.32. The van der Waals surface area contributed by atoms with E-state index >= 15 is 0 Å². The SMILES string of the molecule is C[C@H]1c2c(C(F)(F)F)ncc(Oc3cncc(F)c3)c2[C@@H](F)[C@H]1F. The average Bonchev–Trinajstić information content (AvgIpc) is 2.72. The maximum Gasteiger partial charge on any atom is 0.433 e. The second-order valence-electron chi connectivity index (χ2n) is 5.37. The van der Waals surface area contributed by atoms with Crippen molar-refractivity contribution in [1.82, 2.24) is 9.97 Å². The molecule has 0 aliphatic heterocycles. The number of hydrogen-bond acceptors (Lipinski definition) is 3. The molecule has 0 fully saturated rings. The lowest BCUT2D eigenvalue weighted by Crippen LogP contribution is -2.14. The van der Waals surface area contributed by atoms with Crippen molar-refractivity contribution in [2.24, 2.45) is 0 Å². The zero-order valence-electron chi connectivity index (χ0n) is 12.1. The van der Waals surface area contributed by atoms with E-state index in [0.717, 1.165) is 25.4 Å². The predicted octanol–water partition coefficient (Wildman–Crippen LogP) is 4.89. The number of rotatable bonds is 2. The highest BCUT2D eigenvalue weighted by Gasteiger charge is 2.48. The first-order valence-electron chi connectivity index (χ1n) is 6.86. The molecule has 0 amide bonds. The molecule has 0 saturated heterocycles. The molecule has 0 radical (unpaired) electrons. The van der Waals surface area contributed by atoms with E-state index in [0.29, 0.717) is 6.20 Å². The number of ether oxygens (including phenoxy) is 1. The Balaban J connectivity index is 2.13. The highest BCUT2D eigenvalue weighted by molar-refractivity contribution is 5.51. The first-order valence-corrected chi connectivity index (χ1v) is 6.86. The van der Waals surface area contributed by atoms with Gasteiger partial charge in [0.15, 0.2) is 11.9 Å². The van der Waals surface area contributed by atoms with Gasteiger partial charge in [0.2, 0.25) is 0 Å². The average molecular weight is 348 g/mol. The number of aromatic nitrogens is 2. The minimum atomic E-state index is -4.86. The monoisotopic (exact) mass is 348 g/mol. The van der Waals surface area contributed by atoms with Crippen molar-refractivity contribution in [2.45, 2.75) is 31.4 Å². The third kappa shape index (κ3) is 2.67. The summed E-state index contributed by atoms with van der Waals surface area (Å²) in [4.78, 5) is 6.77. The fourth-order valence-electron chi connectivity index (χ4n) is 2.72. The zero-order valence-corrected chi connectivity index (χ0v) is 12.1. The van der Waals surface area contributed by atoms with E-state index in [2.05, 4.69) is 9.97 Å². The van der Waals surface area contributed by atoms with Gasteiger partial charge < -0.3 is 4.74 Å². The van der Waals surface area contributed by atoms with Gasteiger partial charge in [-0.05, 0) is 5.56 Å². The third-order valence-electron chi connectivity index (χ3n) is 3.79. The smallest absolute Gasteiger partial charge is 0.433 e. The lowest BCUT2D eigenvalue weighted by molar-refractivity contribution is -0.142. The minimum absolute atomic E-state index is 0.166. The largest absolute Gasteiger partial charge is 0.454 e. The van der Waals surface area contributed by atoms with Gasteiger partial charge in [-0.15, -0.1) is 0 Å². The van der Waals surface area contributed by atoms with E-state index in [1.54, 1.807) is 0 Å². The van der Waals surface area contributed by atoms with Gasteiger partial charge in [0.1, 0.15) is 23.4 Å². The summed E-state index contributed by atoms with van der Waals surface area (Å²) in [6.45, 7) is 1.15. The van der Waals surface area contributed by atoms with Crippen LogP contribution in [0.5, 0.6) is 11.5 Å². The molecule has 0 N–H and O–H groups in total. The van der Waals surface area contributed by atoms with E-state index < -0.39 is 52.8 Å². The Morgan fingerprint density at radius 1 is 1.08 bits per heavy atom. The van der Waals surface area contributed by atoms with Crippen molar-refractivity contribution in [1.29, 1.82) is 0 Å². The van der Waals surface area contributed by atoms with Crippen LogP contribution in [0.15, 0.2) is 24.7 Å². The Morgan fingerprint density at radius 3 is 2.42 bits per heavy atom. The van der Waals surface area contributed by atoms with Crippen molar-refractivity contribution in [3.63, 3.8) is 0 Å². The van der Waals surface area contributed by atoms with Gasteiger partial charge in [-0.25, -0.2) is 18.2 Å². The van der Waals surface area contributed by atoms with Crippen LogP contribution in [0.1, 0.15) is 35.8 Å². The maximum atomic E-state index is 14.2. The lowest BCUT2D eigenvalue weighted by Gasteiger charge is -2.16. The van der Waals surface area contributed by atoms with Crippen LogP contribution in [0.3, 0.4) is 0 Å². The van der Waals surface area contributed by atoms with Crippen molar-refractivity contribution < 1.29 is 31.1 Å². The van der Waals surface area contributed by atoms with Crippen LogP contribution in [-0.4, -0.2) is 16.1 Å². The summed E-state index contributed by atoms with van der Waals surface area (Å²) >= 11 is 0. The maximum absolute atomic E-state index is 14.2. The molecule has 1 aliphatic carbocycles. The molecule has 1 aliphatic rings. The molecule has 0 spiro atoms. The van der Waals surface area contributed by atoms with E-state index in [9.17, 15) is 26.3 Å². The van der Waals surface area contributed by atoms with E-state index in [-0.39, 0.29) is 5.75 Å². The summed E-state index contributed by atoms with van der Waals surface area (Å²) < 4.78 is 85.7. The molecule has 3 nitrogen and oxygen atoms in total. The van der Waals surface area contributed by atoms with E-state index in [4.69, 9.17) is 4.74 Å². The summed E-state index contributed by atoms with van der Waals surface area (Å²) in [5.41, 5.74) is -2.48. The second kappa shape index (κ2) is 5.64. The van der Waals surface area contributed by atoms with Crippen molar-refractivity contribution in [3.8, 4) is 11.5 Å². The van der Waals surface area contributed by atoms with Crippen LogP contribution >= 0.6 is 0 Å². The molecule has 24 heavy (non-hydrogen) atoms. The Labute approximate surface area is 132 Å². The molecule has 128 valence electrons. The Morgan fingerprint density at radius 2 is 1.79 bits per heavy atom. The molecule has 0 unspecified atom stereocenters. The van der Waals surface area contributed by atoms with Gasteiger partial charge in [-0.2, -0.15) is 13.2 Å². The predicted molar refractivity (Wildman–Crippen MR) is 70.7 cm³/mol. The molecular formula is C15H10F6N2O. The molecule has 0 bridgehead atoms. The quantitative estimate of drug-likeness (QED) is 0.725. The number of nitrogens with zero attached hydrogens (tertiary/aromatic N) is 2. The van der Waals surface area contributed by atoms with Crippen LogP contribution in [0.25, 0.3) is 0 Å². The van der Waals surface area contributed by atoms with Gasteiger partial charge in [-0.3, -0.25) is 4.98 Å². The molecule has 2 aromatic heterocycles. The summed E-state index contributed by atoms with van der Waals surface area (Å²) in [5, 5.41) is 0. The summed E-state index contributed by atoms with van der Waals surface area (Å²) in [6, 6.07) is 0.912. The third-order valence-corrected chi connectivity index (χ3v) is 3.79. The zero-order chi connectivity index (χ0) is 17.6. The fourth-order valence-corrected chi connectivity index (χ4v) is 2.72. The topological polar surface area (TPSA) is 35.0 Å². The lowest BCUT2D eigenvalue weighted by atomic mass is 10.0. The molecule has 2 heterocycles. The summed E-state index contributed by atoms with van der Waals surface area (Å²) in [6.07, 6.45) is -6.68. The number of halogens is 6. The first-order chi connectivity index (χ1) is 11.2. The van der Waals surface area contributed by atoms with Crippen molar-refractivity contribution in [2.75, 3.05) is 0 Å². The first kappa shape index (κ1) is 16.5. The fraction of sp³-hybridized carbons (Fsp3) is 0.333. The van der Waals surface area contributed by atoms with Crippen LogP contribution in [0, 0.1) is 5.82 Å². The van der Waals surface area contributed by atoms with Gasteiger partial charge in [-0.1, -0.05) is 6.92 Å². The van der Waals surface area contributed by atoms with E-state index in [1.165, 1.54) is 0 Å². The van der Waals surface area contributed by atoms with Crippen LogP contribution < -0.4 is 4.74 Å². The molecule has 3 rings (SSSR count). The molecule has 2 aromatic rings. The number of pyridine rings is 2. The molecule has 9 heteroatoms. The Kier molecular flexibility index (Phi) is 3.89.